The van der Waals surface area contributed by atoms with Crippen LogP contribution in [0.3, 0.4) is 0 Å². The van der Waals surface area contributed by atoms with Gasteiger partial charge < -0.3 is 10.5 Å². The van der Waals surface area contributed by atoms with Gasteiger partial charge in [0.2, 0.25) is 0 Å². The van der Waals surface area contributed by atoms with Gasteiger partial charge in [-0.1, -0.05) is 30.3 Å². The Kier molecular flexibility index (Phi) is 3.80. The molecule has 0 aliphatic heterocycles. The zero-order chi connectivity index (χ0) is 13.9. The number of nitrogens with two attached hydrogens (primary N) is 1. The molecule has 0 saturated heterocycles. The van der Waals surface area contributed by atoms with Crippen molar-refractivity contribution in [2.45, 2.75) is 5.92 Å². The van der Waals surface area contributed by atoms with E-state index in [1.165, 1.54) is 30.3 Å². The van der Waals surface area contributed by atoms with Crippen LogP contribution in [0, 0.1) is 0 Å². The number of nitrogen functional groups attached to an aromatic ring is 1. The lowest BCUT2D eigenvalue weighted by atomic mass is 10.1. The summed E-state index contributed by atoms with van der Waals surface area (Å²) in [5.41, 5.74) is 5.56. The Morgan fingerprint density at radius 3 is 2.53 bits per heavy atom. The Bertz CT molecular complexity index is 569. The highest BCUT2D eigenvalue weighted by Gasteiger charge is 2.33. The molecule has 19 heavy (non-hydrogen) atoms. The van der Waals surface area contributed by atoms with Gasteiger partial charge in [0, 0.05) is 5.56 Å². The first-order chi connectivity index (χ1) is 9.00. The van der Waals surface area contributed by atoms with Crippen molar-refractivity contribution in [1.29, 1.82) is 0 Å². The quantitative estimate of drug-likeness (QED) is 0.876. The molecular weight excluding hydrogens is 272 g/mol. The molecular formula is C13H11F2NO2S. The Balaban J connectivity index is 2.03. The Labute approximate surface area is 112 Å². The number of rotatable bonds is 4. The maximum atomic E-state index is 13.8. The van der Waals surface area contributed by atoms with Crippen LogP contribution in [0.2, 0.25) is 0 Å². The summed E-state index contributed by atoms with van der Waals surface area (Å²) in [6, 6.07) is 8.74. The maximum Gasteiger partial charge on any atom is 0.350 e. The molecule has 0 amide bonds. The van der Waals surface area contributed by atoms with Crippen molar-refractivity contribution in [1.82, 2.24) is 0 Å². The van der Waals surface area contributed by atoms with Gasteiger partial charge in [0.05, 0.1) is 5.69 Å². The van der Waals surface area contributed by atoms with Gasteiger partial charge in [-0.05, 0) is 11.4 Å². The number of carbonyl (C=O) groups is 1. The fraction of sp³-hybridized carbons (Fsp3) is 0.154. The molecule has 0 unspecified atom stereocenters. The van der Waals surface area contributed by atoms with Crippen molar-refractivity contribution < 1.29 is 18.3 Å². The lowest BCUT2D eigenvalue weighted by Crippen LogP contribution is -2.23. The topological polar surface area (TPSA) is 52.3 Å². The molecule has 0 aliphatic rings. The van der Waals surface area contributed by atoms with E-state index < -0.39 is 18.5 Å². The highest BCUT2D eigenvalue weighted by atomic mass is 32.1. The first-order valence-electron chi connectivity index (χ1n) is 5.44. The van der Waals surface area contributed by atoms with Crippen molar-refractivity contribution in [3.05, 3.63) is 52.2 Å². The lowest BCUT2D eigenvalue weighted by Gasteiger charge is -2.16. The van der Waals surface area contributed by atoms with Gasteiger partial charge in [-0.25, -0.2) is 4.79 Å². The molecule has 0 fully saturated rings. The van der Waals surface area contributed by atoms with E-state index in [1.54, 1.807) is 11.4 Å². The average molecular weight is 283 g/mol. The number of thiophene rings is 1. The molecule has 1 heterocycles. The van der Waals surface area contributed by atoms with Crippen molar-refractivity contribution in [3.63, 3.8) is 0 Å². The largest absolute Gasteiger partial charge is 0.455 e. The van der Waals surface area contributed by atoms with Crippen molar-refractivity contribution in [2.24, 2.45) is 0 Å². The van der Waals surface area contributed by atoms with Crippen molar-refractivity contribution in [3.8, 4) is 0 Å². The molecule has 0 aliphatic carbocycles. The number of anilines is 1. The molecule has 2 rings (SSSR count). The zero-order valence-corrected chi connectivity index (χ0v) is 10.6. The predicted octanol–water partition coefficient (Wildman–Crippen LogP) is 3.28. The zero-order valence-electron chi connectivity index (χ0n) is 9.81. The third-order valence-electron chi connectivity index (χ3n) is 2.46. The van der Waals surface area contributed by atoms with Crippen LogP contribution in [0.1, 0.15) is 15.2 Å². The summed E-state index contributed by atoms with van der Waals surface area (Å²) in [4.78, 5) is 11.7. The van der Waals surface area contributed by atoms with Crippen LogP contribution in [0.15, 0.2) is 41.8 Å². The molecule has 0 saturated carbocycles. The minimum absolute atomic E-state index is 0.142. The number of esters is 1. The number of benzene rings is 1. The summed E-state index contributed by atoms with van der Waals surface area (Å²) >= 11 is 1.06. The molecule has 0 bridgehead atoms. The van der Waals surface area contributed by atoms with E-state index in [0.717, 1.165) is 11.3 Å². The van der Waals surface area contributed by atoms with Crippen LogP contribution in [0.5, 0.6) is 0 Å². The van der Waals surface area contributed by atoms with E-state index in [2.05, 4.69) is 4.74 Å². The molecule has 1 aromatic carbocycles. The van der Waals surface area contributed by atoms with E-state index in [-0.39, 0.29) is 16.1 Å². The normalized spacial score (nSPS) is 11.3. The minimum Gasteiger partial charge on any atom is -0.455 e. The predicted molar refractivity (Wildman–Crippen MR) is 69.3 cm³/mol. The summed E-state index contributed by atoms with van der Waals surface area (Å²) in [6.45, 7) is -1.01. The molecule has 6 heteroatoms. The van der Waals surface area contributed by atoms with Gasteiger partial charge in [0.25, 0.3) is 0 Å². The van der Waals surface area contributed by atoms with Crippen LogP contribution < -0.4 is 5.73 Å². The molecule has 2 N–H and O–H groups in total. The molecule has 1 aromatic heterocycles. The summed E-state index contributed by atoms with van der Waals surface area (Å²) in [5.74, 6) is -4.05. The standard InChI is InChI=1S/C13H11F2NO2S/c14-13(15,9-4-2-1-3-5-9)8-18-12(17)11-10(16)6-7-19-11/h1-7H,8,16H2. The van der Waals surface area contributed by atoms with Gasteiger partial charge >= 0.3 is 11.9 Å². The number of hydrogen-bond donors (Lipinski definition) is 1. The average Bonchev–Trinajstić information content (AvgIpc) is 2.83. The van der Waals surface area contributed by atoms with Crippen molar-refractivity contribution in [2.75, 3.05) is 12.3 Å². The van der Waals surface area contributed by atoms with Gasteiger partial charge in [-0.15, -0.1) is 11.3 Å². The minimum atomic E-state index is -3.22. The molecule has 0 spiro atoms. The smallest absolute Gasteiger partial charge is 0.350 e. The second-order valence-electron chi connectivity index (χ2n) is 3.85. The first-order valence-corrected chi connectivity index (χ1v) is 6.32. The monoisotopic (exact) mass is 283 g/mol. The van der Waals surface area contributed by atoms with E-state index in [0.29, 0.717) is 0 Å². The molecule has 100 valence electrons. The third kappa shape index (κ3) is 3.08. The first kappa shape index (κ1) is 13.5. The highest BCUT2D eigenvalue weighted by Crippen LogP contribution is 2.29. The van der Waals surface area contributed by atoms with Crippen LogP contribution in [-0.4, -0.2) is 12.6 Å². The Morgan fingerprint density at radius 1 is 1.26 bits per heavy atom. The number of hydrogen-bond acceptors (Lipinski definition) is 4. The Morgan fingerprint density at radius 2 is 1.95 bits per heavy atom. The Hall–Kier alpha value is -1.95. The number of ether oxygens (including phenoxy) is 1. The summed E-state index contributed by atoms with van der Waals surface area (Å²) < 4.78 is 32.1. The maximum absolute atomic E-state index is 13.8. The van der Waals surface area contributed by atoms with E-state index in [9.17, 15) is 13.6 Å². The van der Waals surface area contributed by atoms with Gasteiger partial charge in [0.1, 0.15) is 4.88 Å². The van der Waals surface area contributed by atoms with Crippen LogP contribution >= 0.6 is 11.3 Å². The van der Waals surface area contributed by atoms with Crippen LogP contribution in [0.25, 0.3) is 0 Å². The molecule has 0 radical (unpaired) electrons. The second kappa shape index (κ2) is 5.36. The molecule has 3 nitrogen and oxygen atoms in total. The van der Waals surface area contributed by atoms with Crippen molar-refractivity contribution >= 4 is 23.0 Å². The highest BCUT2D eigenvalue weighted by molar-refractivity contribution is 7.12. The van der Waals surface area contributed by atoms with E-state index in [4.69, 9.17) is 5.73 Å². The second-order valence-corrected chi connectivity index (χ2v) is 4.77. The van der Waals surface area contributed by atoms with Gasteiger partial charge in [-0.2, -0.15) is 8.78 Å². The fourth-order valence-corrected chi connectivity index (χ4v) is 2.18. The van der Waals surface area contributed by atoms with E-state index >= 15 is 0 Å². The lowest BCUT2D eigenvalue weighted by molar-refractivity contribution is -0.0659. The molecule has 0 atom stereocenters. The number of halogens is 2. The number of carbonyl (C=O) groups excluding carboxylic acids is 1. The van der Waals surface area contributed by atoms with Gasteiger partial charge in [0.15, 0.2) is 6.61 Å². The van der Waals surface area contributed by atoms with E-state index in [1.807, 2.05) is 0 Å². The number of alkyl halides is 2. The van der Waals surface area contributed by atoms with Crippen LogP contribution in [-0.2, 0) is 10.7 Å². The van der Waals surface area contributed by atoms with Gasteiger partial charge in [-0.3, -0.25) is 0 Å². The summed E-state index contributed by atoms with van der Waals surface area (Å²) in [7, 11) is 0. The summed E-state index contributed by atoms with van der Waals surface area (Å²) in [5, 5.41) is 1.60. The SMILES string of the molecule is Nc1ccsc1C(=O)OCC(F)(F)c1ccccc1. The fourth-order valence-electron chi connectivity index (χ4n) is 1.47. The summed E-state index contributed by atoms with van der Waals surface area (Å²) in [6.07, 6.45) is 0. The van der Waals surface area contributed by atoms with Crippen LogP contribution in [0.4, 0.5) is 14.5 Å². The molecule has 2 aromatic rings. The third-order valence-corrected chi connectivity index (χ3v) is 3.37.